The summed E-state index contributed by atoms with van der Waals surface area (Å²) in [4.78, 5) is 11.3. The van der Waals surface area contributed by atoms with Crippen LogP contribution in [0.3, 0.4) is 0 Å². The van der Waals surface area contributed by atoms with E-state index in [2.05, 4.69) is 36.8 Å². The number of hydrogen-bond donors (Lipinski definition) is 1. The molecule has 1 heterocycles. The monoisotopic (exact) mass is 468 g/mol. The van der Waals surface area contributed by atoms with Crippen molar-refractivity contribution in [3.63, 3.8) is 0 Å². The van der Waals surface area contributed by atoms with Gasteiger partial charge in [0.2, 0.25) is 0 Å². The van der Waals surface area contributed by atoms with Gasteiger partial charge >= 0.3 is 0 Å². The third-order valence-electron chi connectivity index (χ3n) is 3.96. The van der Waals surface area contributed by atoms with Gasteiger partial charge in [-0.1, -0.05) is 44.0 Å². The molecule has 0 unspecified atom stereocenters. The zero-order valence-electron chi connectivity index (χ0n) is 13.6. The zero-order valence-corrected chi connectivity index (χ0v) is 16.8. The second-order valence-electron chi connectivity index (χ2n) is 5.71. The Morgan fingerprint density at radius 2 is 1.12 bits per heavy atom. The van der Waals surface area contributed by atoms with E-state index in [1.165, 1.54) is 0 Å². The molecule has 26 heavy (non-hydrogen) atoms. The van der Waals surface area contributed by atoms with E-state index in [4.69, 9.17) is 10.7 Å². The Labute approximate surface area is 168 Å². The smallest absolute Gasteiger partial charge is 0.181 e. The number of hydrogen-bond acceptors (Lipinski definition) is 4. The highest BCUT2D eigenvalue weighted by Gasteiger charge is 2.18. The van der Waals surface area contributed by atoms with Crippen LogP contribution in [0.2, 0.25) is 0 Å². The van der Waals surface area contributed by atoms with Crippen LogP contribution in [0.15, 0.2) is 81.7 Å². The minimum absolute atomic E-state index is 0.384. The Balaban J connectivity index is 1.94. The topological polar surface area (TPSA) is 55.0 Å². The Hall–Kier alpha value is -2.44. The van der Waals surface area contributed by atoms with Crippen LogP contribution in [0.5, 0.6) is 0 Å². The largest absolute Gasteiger partial charge is 0.381 e. The van der Waals surface area contributed by atoms with Gasteiger partial charge in [0.05, 0.1) is 11.0 Å². The molecule has 0 aliphatic rings. The molecule has 0 saturated heterocycles. The Bertz CT molecular complexity index is 1020. The number of anilines is 4. The molecular weight excluding hydrogens is 456 g/mol. The molecule has 0 bridgehead atoms. The highest BCUT2D eigenvalue weighted by molar-refractivity contribution is 9.10. The van der Waals surface area contributed by atoms with Gasteiger partial charge in [0.25, 0.3) is 0 Å². The molecule has 2 N–H and O–H groups in total. The van der Waals surface area contributed by atoms with Crippen molar-refractivity contribution in [3.05, 3.63) is 81.7 Å². The van der Waals surface area contributed by atoms with Crippen molar-refractivity contribution in [2.24, 2.45) is 0 Å². The lowest BCUT2D eigenvalue weighted by atomic mass is 10.2. The molecule has 0 radical (unpaired) electrons. The molecule has 0 spiro atoms. The zero-order chi connectivity index (χ0) is 18.1. The van der Waals surface area contributed by atoms with Gasteiger partial charge in [-0.15, -0.1) is 0 Å². The van der Waals surface area contributed by atoms with Crippen LogP contribution in [-0.2, 0) is 0 Å². The number of nitrogen functional groups attached to an aromatic ring is 1. The van der Waals surface area contributed by atoms with E-state index in [-0.39, 0.29) is 0 Å². The molecule has 4 aromatic rings. The standard InChI is InChI=1S/C20H14Br2N4/c21-13-5-9-15(10-6-13)26(16-11-7-14(22)8-12-16)20-19(23)24-17-3-1-2-4-18(17)25-20/h1-12H,(H2,23,24). The SMILES string of the molecule is Nc1nc2ccccc2nc1N(c1ccc(Br)cc1)c1ccc(Br)cc1. The third-order valence-corrected chi connectivity index (χ3v) is 5.02. The van der Waals surface area contributed by atoms with Crippen molar-refractivity contribution >= 4 is 65.9 Å². The fraction of sp³-hybridized carbons (Fsp3) is 0. The molecular formula is C20H14Br2N4. The van der Waals surface area contributed by atoms with E-state index < -0.39 is 0 Å². The molecule has 0 fully saturated rings. The van der Waals surface area contributed by atoms with Crippen LogP contribution in [0.4, 0.5) is 23.0 Å². The van der Waals surface area contributed by atoms with Gasteiger partial charge in [0.15, 0.2) is 11.6 Å². The number of aromatic nitrogens is 2. The molecule has 4 nitrogen and oxygen atoms in total. The van der Waals surface area contributed by atoms with Gasteiger partial charge in [-0.05, 0) is 60.7 Å². The van der Waals surface area contributed by atoms with Gasteiger partial charge in [-0.3, -0.25) is 4.90 Å². The fourth-order valence-corrected chi connectivity index (χ4v) is 3.27. The summed E-state index contributed by atoms with van der Waals surface area (Å²) in [6.07, 6.45) is 0. The third kappa shape index (κ3) is 3.30. The predicted molar refractivity (Wildman–Crippen MR) is 114 cm³/mol. The summed E-state index contributed by atoms with van der Waals surface area (Å²) in [6.45, 7) is 0. The molecule has 0 amide bonds. The molecule has 6 heteroatoms. The number of benzene rings is 3. The first-order valence-corrected chi connectivity index (χ1v) is 9.54. The lowest BCUT2D eigenvalue weighted by molar-refractivity contribution is 1.18. The Morgan fingerprint density at radius 3 is 1.62 bits per heavy atom. The van der Waals surface area contributed by atoms with Gasteiger partial charge in [-0.2, -0.15) is 0 Å². The maximum Gasteiger partial charge on any atom is 0.181 e. The first-order chi connectivity index (χ1) is 12.6. The number of para-hydroxylation sites is 2. The number of nitrogens with zero attached hydrogens (tertiary/aromatic N) is 3. The van der Waals surface area contributed by atoms with Crippen LogP contribution in [0.25, 0.3) is 11.0 Å². The molecule has 1 aromatic heterocycles. The maximum atomic E-state index is 6.29. The van der Waals surface area contributed by atoms with Crippen LogP contribution in [-0.4, -0.2) is 9.97 Å². The number of rotatable bonds is 3. The minimum Gasteiger partial charge on any atom is -0.381 e. The molecule has 4 rings (SSSR count). The molecule has 0 saturated carbocycles. The quantitative estimate of drug-likeness (QED) is 0.387. The molecule has 128 valence electrons. The molecule has 0 atom stereocenters. The van der Waals surface area contributed by atoms with E-state index >= 15 is 0 Å². The summed E-state index contributed by atoms with van der Waals surface area (Å²) in [5.41, 5.74) is 9.77. The minimum atomic E-state index is 0.384. The lowest BCUT2D eigenvalue weighted by Crippen LogP contribution is -2.14. The predicted octanol–water partition coefficient (Wildman–Crippen LogP) is 6.21. The average molecular weight is 470 g/mol. The molecule has 0 aliphatic carbocycles. The Kier molecular flexibility index (Phi) is 4.61. The summed E-state index contributed by atoms with van der Waals surface area (Å²) in [5, 5.41) is 0. The van der Waals surface area contributed by atoms with Crippen molar-refractivity contribution in [1.29, 1.82) is 0 Å². The summed E-state index contributed by atoms with van der Waals surface area (Å²) in [6, 6.07) is 23.8. The fourth-order valence-electron chi connectivity index (χ4n) is 2.74. The number of halogens is 2. The van der Waals surface area contributed by atoms with Crippen LogP contribution in [0, 0.1) is 0 Å². The second kappa shape index (κ2) is 7.05. The van der Waals surface area contributed by atoms with Crippen LogP contribution in [0.1, 0.15) is 0 Å². The summed E-state index contributed by atoms with van der Waals surface area (Å²) in [7, 11) is 0. The molecule has 3 aromatic carbocycles. The van der Waals surface area contributed by atoms with Gasteiger partial charge in [0.1, 0.15) is 0 Å². The van der Waals surface area contributed by atoms with Crippen molar-refractivity contribution in [2.75, 3.05) is 10.6 Å². The first-order valence-electron chi connectivity index (χ1n) is 7.95. The second-order valence-corrected chi connectivity index (χ2v) is 7.54. The molecule has 0 aliphatic heterocycles. The normalized spacial score (nSPS) is 10.8. The van der Waals surface area contributed by atoms with Crippen molar-refractivity contribution in [2.45, 2.75) is 0 Å². The number of nitrogens with two attached hydrogens (primary N) is 1. The maximum absolute atomic E-state index is 6.29. The summed E-state index contributed by atoms with van der Waals surface area (Å²) in [5.74, 6) is 0.989. The van der Waals surface area contributed by atoms with E-state index in [0.717, 1.165) is 31.4 Å². The highest BCUT2D eigenvalue weighted by atomic mass is 79.9. The van der Waals surface area contributed by atoms with Gasteiger partial charge in [0, 0.05) is 20.3 Å². The number of fused-ring (bicyclic) bond motifs is 1. The Morgan fingerprint density at radius 1 is 0.654 bits per heavy atom. The van der Waals surface area contributed by atoms with Crippen molar-refractivity contribution < 1.29 is 0 Å². The van der Waals surface area contributed by atoms with Crippen LogP contribution < -0.4 is 10.6 Å². The van der Waals surface area contributed by atoms with E-state index in [1.54, 1.807) is 0 Å². The first kappa shape index (κ1) is 17.0. The van der Waals surface area contributed by atoms with E-state index in [9.17, 15) is 0 Å². The summed E-state index contributed by atoms with van der Waals surface area (Å²) < 4.78 is 2.02. The highest BCUT2D eigenvalue weighted by Crippen LogP contribution is 2.37. The van der Waals surface area contributed by atoms with E-state index in [1.807, 2.05) is 77.7 Å². The average Bonchev–Trinajstić information content (AvgIpc) is 2.65. The summed E-state index contributed by atoms with van der Waals surface area (Å²) >= 11 is 6.97. The van der Waals surface area contributed by atoms with E-state index in [0.29, 0.717) is 11.6 Å². The van der Waals surface area contributed by atoms with Crippen molar-refractivity contribution in [3.8, 4) is 0 Å². The van der Waals surface area contributed by atoms with Gasteiger partial charge in [-0.25, -0.2) is 9.97 Å². The van der Waals surface area contributed by atoms with Crippen molar-refractivity contribution in [1.82, 2.24) is 9.97 Å². The van der Waals surface area contributed by atoms with Gasteiger partial charge < -0.3 is 5.73 Å². The van der Waals surface area contributed by atoms with Crippen LogP contribution >= 0.6 is 31.9 Å². The lowest BCUT2D eigenvalue weighted by Gasteiger charge is -2.25.